The molecule has 1 fully saturated rings. The molecule has 1 aromatic carbocycles. The number of likely N-dealkylation sites (tertiary alicyclic amines) is 1. The molecule has 126 valence electrons. The van der Waals surface area contributed by atoms with Crippen molar-refractivity contribution >= 4 is 11.5 Å². The zero-order valence-electron chi connectivity index (χ0n) is 14.0. The first-order valence-corrected chi connectivity index (χ1v) is 8.11. The fraction of sp³-hybridized carbons (Fsp3) is 0.389. The molecule has 2 aromatic rings. The Bertz CT molecular complexity index is 754. The van der Waals surface area contributed by atoms with Crippen LogP contribution in [-0.2, 0) is 10.4 Å². The highest BCUT2D eigenvalue weighted by atomic mass is 16.3. The number of hydrogen-bond donors (Lipinski definition) is 2. The Labute approximate surface area is 141 Å². The Kier molecular flexibility index (Phi) is 4.49. The summed E-state index contributed by atoms with van der Waals surface area (Å²) in [5.74, 6) is -0.0858. The van der Waals surface area contributed by atoms with Gasteiger partial charge in [0.05, 0.1) is 12.7 Å². The lowest BCUT2D eigenvalue weighted by molar-refractivity contribution is -0.133. The monoisotopic (exact) mass is 326 g/mol. The minimum absolute atomic E-state index is 0.0858. The number of H-pyrrole nitrogens is 1. The predicted molar refractivity (Wildman–Crippen MR) is 90.9 cm³/mol. The van der Waals surface area contributed by atoms with Gasteiger partial charge in [0.2, 0.25) is 5.91 Å². The quantitative estimate of drug-likeness (QED) is 0.846. The van der Waals surface area contributed by atoms with E-state index in [4.69, 9.17) is 0 Å². The second-order valence-electron chi connectivity index (χ2n) is 6.39. The number of piperidine rings is 1. The fourth-order valence-corrected chi connectivity index (χ4v) is 3.23. The molecule has 1 amide bonds. The summed E-state index contributed by atoms with van der Waals surface area (Å²) >= 11 is 0. The van der Waals surface area contributed by atoms with Crippen molar-refractivity contribution in [2.45, 2.75) is 32.3 Å². The number of nitrogens with one attached hydrogen (secondary N) is 1. The SMILES string of the molecule is CC(=CC(=O)N1CCCC(O)(c2cn[nH]n2)C1)c1ccccc1C. The maximum atomic E-state index is 12.6. The highest BCUT2D eigenvalue weighted by Crippen LogP contribution is 2.30. The molecule has 1 saturated heterocycles. The molecule has 3 rings (SSSR count). The molecule has 1 atom stereocenters. The highest BCUT2D eigenvalue weighted by Gasteiger charge is 2.38. The van der Waals surface area contributed by atoms with Gasteiger partial charge in [-0.3, -0.25) is 4.79 Å². The van der Waals surface area contributed by atoms with Crippen molar-refractivity contribution < 1.29 is 9.90 Å². The second kappa shape index (κ2) is 6.57. The summed E-state index contributed by atoms with van der Waals surface area (Å²) in [4.78, 5) is 14.3. The van der Waals surface area contributed by atoms with Gasteiger partial charge in [0.15, 0.2) is 0 Å². The molecule has 0 radical (unpaired) electrons. The fourth-order valence-electron chi connectivity index (χ4n) is 3.23. The van der Waals surface area contributed by atoms with Crippen LogP contribution in [-0.4, -0.2) is 44.4 Å². The van der Waals surface area contributed by atoms with E-state index >= 15 is 0 Å². The number of aromatic amines is 1. The number of amides is 1. The summed E-state index contributed by atoms with van der Waals surface area (Å²) < 4.78 is 0. The smallest absolute Gasteiger partial charge is 0.246 e. The first-order valence-electron chi connectivity index (χ1n) is 8.11. The van der Waals surface area contributed by atoms with Gasteiger partial charge < -0.3 is 10.0 Å². The van der Waals surface area contributed by atoms with E-state index in [0.717, 1.165) is 23.1 Å². The minimum atomic E-state index is -1.13. The van der Waals surface area contributed by atoms with Gasteiger partial charge in [0.1, 0.15) is 11.3 Å². The van der Waals surface area contributed by atoms with Gasteiger partial charge >= 0.3 is 0 Å². The number of aliphatic hydroxyl groups is 1. The maximum absolute atomic E-state index is 12.6. The van der Waals surface area contributed by atoms with E-state index in [0.29, 0.717) is 18.7 Å². The zero-order chi connectivity index (χ0) is 17.2. The summed E-state index contributed by atoms with van der Waals surface area (Å²) in [6.07, 6.45) is 4.47. The standard InChI is InChI=1S/C18H22N4O2/c1-13-6-3-4-7-15(13)14(2)10-17(23)22-9-5-8-18(24,12-22)16-11-19-21-20-16/h3-4,6-7,10-11,24H,5,8-9,12H2,1-2H3,(H,19,20,21). The van der Waals surface area contributed by atoms with Gasteiger partial charge in [-0.25, -0.2) is 0 Å². The van der Waals surface area contributed by atoms with Crippen LogP contribution >= 0.6 is 0 Å². The Morgan fingerprint density at radius 3 is 2.92 bits per heavy atom. The molecule has 6 nitrogen and oxygen atoms in total. The molecule has 0 spiro atoms. The first-order chi connectivity index (χ1) is 11.5. The summed E-state index contributed by atoms with van der Waals surface area (Å²) in [6, 6.07) is 7.99. The number of benzene rings is 1. The van der Waals surface area contributed by atoms with Crippen LogP contribution in [0.15, 0.2) is 36.5 Å². The maximum Gasteiger partial charge on any atom is 0.246 e. The van der Waals surface area contributed by atoms with Crippen molar-refractivity contribution in [2.75, 3.05) is 13.1 Å². The highest BCUT2D eigenvalue weighted by molar-refractivity contribution is 5.95. The third-order valence-electron chi connectivity index (χ3n) is 4.58. The molecule has 2 heterocycles. The van der Waals surface area contributed by atoms with Gasteiger partial charge in [-0.05, 0) is 43.4 Å². The van der Waals surface area contributed by atoms with Gasteiger partial charge in [-0.1, -0.05) is 24.3 Å². The normalized spacial score (nSPS) is 21.8. The lowest BCUT2D eigenvalue weighted by atomic mass is 9.90. The van der Waals surface area contributed by atoms with Crippen LogP contribution in [0.1, 0.15) is 36.6 Å². The molecule has 0 bridgehead atoms. The van der Waals surface area contributed by atoms with Crippen LogP contribution in [0.5, 0.6) is 0 Å². The van der Waals surface area contributed by atoms with Crippen LogP contribution in [0.25, 0.3) is 5.57 Å². The van der Waals surface area contributed by atoms with Gasteiger partial charge in [0, 0.05) is 12.6 Å². The van der Waals surface area contributed by atoms with E-state index < -0.39 is 5.60 Å². The number of carbonyl (C=O) groups is 1. The van der Waals surface area contributed by atoms with Crippen molar-refractivity contribution in [3.8, 4) is 0 Å². The van der Waals surface area contributed by atoms with E-state index in [9.17, 15) is 9.90 Å². The zero-order valence-corrected chi connectivity index (χ0v) is 14.0. The predicted octanol–water partition coefficient (Wildman–Crippen LogP) is 2.03. The van der Waals surface area contributed by atoms with Crippen LogP contribution in [0.4, 0.5) is 0 Å². The van der Waals surface area contributed by atoms with Gasteiger partial charge in [0.25, 0.3) is 0 Å². The number of hydrogen-bond acceptors (Lipinski definition) is 4. The Morgan fingerprint density at radius 1 is 1.42 bits per heavy atom. The summed E-state index contributed by atoms with van der Waals surface area (Å²) in [5.41, 5.74) is 2.48. The molecule has 1 aromatic heterocycles. The lowest BCUT2D eigenvalue weighted by Crippen LogP contribution is -2.48. The van der Waals surface area contributed by atoms with Crippen molar-refractivity contribution in [1.82, 2.24) is 20.3 Å². The molecule has 1 unspecified atom stereocenters. The third kappa shape index (κ3) is 3.23. The number of aromatic nitrogens is 3. The van der Waals surface area contributed by atoms with Crippen LogP contribution in [0, 0.1) is 6.92 Å². The number of allylic oxidation sites excluding steroid dienone is 1. The number of rotatable bonds is 3. The Hall–Kier alpha value is -2.47. The van der Waals surface area contributed by atoms with Crippen molar-refractivity contribution in [3.05, 3.63) is 53.4 Å². The van der Waals surface area contributed by atoms with Crippen LogP contribution in [0.2, 0.25) is 0 Å². The molecule has 1 aliphatic heterocycles. The summed E-state index contributed by atoms with van der Waals surface area (Å²) in [7, 11) is 0. The van der Waals surface area contributed by atoms with Crippen molar-refractivity contribution in [3.63, 3.8) is 0 Å². The van der Waals surface area contributed by atoms with Gasteiger partial charge in [-0.2, -0.15) is 15.4 Å². The summed E-state index contributed by atoms with van der Waals surface area (Å²) in [5, 5.41) is 21.1. The van der Waals surface area contributed by atoms with Crippen molar-refractivity contribution in [2.24, 2.45) is 0 Å². The van der Waals surface area contributed by atoms with E-state index in [1.165, 1.54) is 6.20 Å². The third-order valence-corrected chi connectivity index (χ3v) is 4.58. The van der Waals surface area contributed by atoms with E-state index in [1.807, 2.05) is 38.1 Å². The van der Waals surface area contributed by atoms with Crippen LogP contribution in [0.3, 0.4) is 0 Å². The van der Waals surface area contributed by atoms with Crippen LogP contribution < -0.4 is 0 Å². The lowest BCUT2D eigenvalue weighted by Gasteiger charge is -2.37. The first kappa shape index (κ1) is 16.4. The summed E-state index contributed by atoms with van der Waals surface area (Å²) in [6.45, 7) is 4.84. The Balaban J connectivity index is 1.78. The molecular formula is C18H22N4O2. The minimum Gasteiger partial charge on any atom is -0.382 e. The topological polar surface area (TPSA) is 82.1 Å². The molecule has 24 heavy (non-hydrogen) atoms. The number of carbonyl (C=O) groups excluding carboxylic acids is 1. The largest absolute Gasteiger partial charge is 0.382 e. The molecule has 2 N–H and O–H groups in total. The number of nitrogens with zero attached hydrogens (tertiary/aromatic N) is 3. The molecule has 1 aliphatic rings. The average molecular weight is 326 g/mol. The van der Waals surface area contributed by atoms with Crippen molar-refractivity contribution in [1.29, 1.82) is 0 Å². The Morgan fingerprint density at radius 2 is 2.21 bits per heavy atom. The molecule has 0 aliphatic carbocycles. The molecule has 0 saturated carbocycles. The molecule has 6 heteroatoms. The number of β-amino-alcohol motifs (C(OH)–C–C–N with tert-alkyl or cyclic N) is 1. The van der Waals surface area contributed by atoms with Gasteiger partial charge in [-0.15, -0.1) is 0 Å². The second-order valence-corrected chi connectivity index (χ2v) is 6.39. The average Bonchev–Trinajstić information content (AvgIpc) is 3.10. The van der Waals surface area contributed by atoms with E-state index in [-0.39, 0.29) is 12.5 Å². The molecular weight excluding hydrogens is 304 g/mol. The van der Waals surface area contributed by atoms with E-state index in [1.54, 1.807) is 11.0 Å². The van der Waals surface area contributed by atoms with E-state index in [2.05, 4.69) is 15.4 Å². The number of aryl methyl sites for hydroxylation is 1.